The van der Waals surface area contributed by atoms with Crippen LogP contribution in [0.4, 0.5) is 4.39 Å². The SMILES string of the molecule is Cn1ccc(CC(=O)N2CCN3C[C@H](OCc4ccccc4F)C[C@H]3C2)n1. The molecule has 0 bridgehead atoms. The van der Waals surface area contributed by atoms with Crippen molar-refractivity contribution in [1.29, 1.82) is 0 Å². The van der Waals surface area contributed by atoms with Crippen LogP contribution in [0.5, 0.6) is 0 Å². The lowest BCUT2D eigenvalue weighted by atomic mass is 10.1. The van der Waals surface area contributed by atoms with Gasteiger partial charge in [-0.3, -0.25) is 14.4 Å². The molecule has 2 fully saturated rings. The van der Waals surface area contributed by atoms with Gasteiger partial charge >= 0.3 is 0 Å². The first-order valence-electron chi connectivity index (χ1n) is 9.44. The highest BCUT2D eigenvalue weighted by Gasteiger charge is 2.37. The summed E-state index contributed by atoms with van der Waals surface area (Å²) >= 11 is 0. The van der Waals surface area contributed by atoms with Crippen LogP contribution in [-0.2, 0) is 29.6 Å². The van der Waals surface area contributed by atoms with Crippen molar-refractivity contribution >= 4 is 5.91 Å². The van der Waals surface area contributed by atoms with Gasteiger partial charge in [0, 0.05) is 51.0 Å². The van der Waals surface area contributed by atoms with Crippen LogP contribution in [0, 0.1) is 5.82 Å². The number of aromatic nitrogens is 2. The molecule has 4 rings (SSSR count). The molecule has 0 saturated carbocycles. The van der Waals surface area contributed by atoms with Crippen LogP contribution in [0.1, 0.15) is 17.7 Å². The summed E-state index contributed by atoms with van der Waals surface area (Å²) in [4.78, 5) is 16.9. The number of nitrogens with zero attached hydrogens (tertiary/aromatic N) is 4. The number of ether oxygens (including phenoxy) is 1. The Morgan fingerprint density at radius 2 is 2.11 bits per heavy atom. The lowest BCUT2D eigenvalue weighted by Crippen LogP contribution is -2.52. The number of carbonyl (C=O) groups excluding carboxylic acids is 1. The van der Waals surface area contributed by atoms with Crippen LogP contribution >= 0.6 is 0 Å². The highest BCUT2D eigenvalue weighted by Crippen LogP contribution is 2.25. The first-order chi connectivity index (χ1) is 13.1. The molecule has 7 heteroatoms. The van der Waals surface area contributed by atoms with Crippen molar-refractivity contribution in [2.24, 2.45) is 7.05 Å². The Morgan fingerprint density at radius 3 is 2.89 bits per heavy atom. The van der Waals surface area contributed by atoms with E-state index >= 15 is 0 Å². The Morgan fingerprint density at radius 1 is 1.26 bits per heavy atom. The minimum absolute atomic E-state index is 0.0837. The van der Waals surface area contributed by atoms with Crippen molar-refractivity contribution in [2.45, 2.75) is 31.6 Å². The van der Waals surface area contributed by atoms with E-state index in [0.717, 1.165) is 38.3 Å². The van der Waals surface area contributed by atoms with E-state index in [1.807, 2.05) is 30.3 Å². The molecule has 0 unspecified atom stereocenters. The van der Waals surface area contributed by atoms with E-state index in [0.29, 0.717) is 24.6 Å². The van der Waals surface area contributed by atoms with Crippen LogP contribution in [0.2, 0.25) is 0 Å². The number of piperazine rings is 1. The monoisotopic (exact) mass is 372 g/mol. The molecule has 144 valence electrons. The molecule has 0 radical (unpaired) electrons. The summed E-state index contributed by atoms with van der Waals surface area (Å²) in [7, 11) is 1.85. The van der Waals surface area contributed by atoms with E-state index in [9.17, 15) is 9.18 Å². The van der Waals surface area contributed by atoms with Crippen LogP contribution in [-0.4, -0.2) is 63.8 Å². The highest BCUT2D eigenvalue weighted by atomic mass is 19.1. The lowest BCUT2D eigenvalue weighted by Gasteiger charge is -2.37. The van der Waals surface area contributed by atoms with Gasteiger partial charge in [-0.25, -0.2) is 4.39 Å². The molecule has 6 nitrogen and oxygen atoms in total. The maximum atomic E-state index is 13.7. The zero-order chi connectivity index (χ0) is 18.8. The van der Waals surface area contributed by atoms with Crippen molar-refractivity contribution in [3.05, 3.63) is 53.6 Å². The van der Waals surface area contributed by atoms with Crippen LogP contribution in [0.15, 0.2) is 36.5 Å². The molecular weight excluding hydrogens is 347 g/mol. The molecule has 27 heavy (non-hydrogen) atoms. The van der Waals surface area contributed by atoms with Crippen molar-refractivity contribution in [3.8, 4) is 0 Å². The normalized spacial score (nSPS) is 22.8. The fourth-order valence-corrected chi connectivity index (χ4v) is 3.99. The van der Waals surface area contributed by atoms with E-state index in [4.69, 9.17) is 4.74 Å². The smallest absolute Gasteiger partial charge is 0.228 e. The summed E-state index contributed by atoms with van der Waals surface area (Å²) in [6, 6.07) is 8.93. The maximum absolute atomic E-state index is 13.7. The van der Waals surface area contributed by atoms with Crippen molar-refractivity contribution < 1.29 is 13.9 Å². The Kier molecular flexibility index (Phi) is 5.22. The zero-order valence-electron chi connectivity index (χ0n) is 15.6. The first-order valence-corrected chi connectivity index (χ1v) is 9.44. The van der Waals surface area contributed by atoms with Gasteiger partial charge in [0.05, 0.1) is 24.8 Å². The molecule has 0 spiro atoms. The zero-order valence-corrected chi connectivity index (χ0v) is 15.6. The molecule has 1 aromatic heterocycles. The van der Waals surface area contributed by atoms with Crippen molar-refractivity contribution in [1.82, 2.24) is 19.6 Å². The van der Waals surface area contributed by atoms with Crippen LogP contribution in [0.25, 0.3) is 0 Å². The van der Waals surface area contributed by atoms with Crippen LogP contribution in [0.3, 0.4) is 0 Å². The summed E-state index contributed by atoms with van der Waals surface area (Å²) in [6.45, 7) is 3.47. The van der Waals surface area contributed by atoms with Gasteiger partial charge in [-0.05, 0) is 18.6 Å². The molecule has 0 N–H and O–H groups in total. The number of rotatable bonds is 5. The van der Waals surface area contributed by atoms with Gasteiger partial charge in [-0.2, -0.15) is 5.10 Å². The summed E-state index contributed by atoms with van der Waals surface area (Å²) in [5, 5.41) is 4.29. The van der Waals surface area contributed by atoms with E-state index in [1.54, 1.807) is 16.8 Å². The molecule has 2 aliphatic heterocycles. The van der Waals surface area contributed by atoms with Gasteiger partial charge in [-0.15, -0.1) is 0 Å². The van der Waals surface area contributed by atoms with E-state index in [2.05, 4.69) is 10.00 Å². The molecular formula is C20H25FN4O2. The number of fused-ring (bicyclic) bond motifs is 1. The molecule has 2 aliphatic rings. The third-order valence-corrected chi connectivity index (χ3v) is 5.46. The van der Waals surface area contributed by atoms with Crippen LogP contribution < -0.4 is 0 Å². The predicted octanol–water partition coefficient (Wildman–Crippen LogP) is 1.60. The fraction of sp³-hybridized carbons (Fsp3) is 0.500. The number of hydrogen-bond donors (Lipinski definition) is 0. The molecule has 1 aromatic carbocycles. The Hall–Kier alpha value is -2.25. The number of aryl methyl sites for hydroxylation is 1. The quantitative estimate of drug-likeness (QED) is 0.800. The second-order valence-electron chi connectivity index (χ2n) is 7.41. The van der Waals surface area contributed by atoms with Gasteiger partial charge in [-0.1, -0.05) is 18.2 Å². The minimum Gasteiger partial charge on any atom is -0.372 e. The minimum atomic E-state index is -0.223. The topological polar surface area (TPSA) is 50.6 Å². The average molecular weight is 372 g/mol. The van der Waals surface area contributed by atoms with Gasteiger partial charge in [0.1, 0.15) is 5.82 Å². The fourth-order valence-electron chi connectivity index (χ4n) is 3.99. The van der Waals surface area contributed by atoms with Gasteiger partial charge in [0.15, 0.2) is 0 Å². The molecule has 3 heterocycles. The van der Waals surface area contributed by atoms with Gasteiger partial charge in [0.2, 0.25) is 5.91 Å². The second kappa shape index (κ2) is 7.78. The van der Waals surface area contributed by atoms with E-state index in [-0.39, 0.29) is 17.8 Å². The van der Waals surface area contributed by atoms with Gasteiger partial charge in [0.25, 0.3) is 0 Å². The van der Waals surface area contributed by atoms with E-state index < -0.39 is 0 Å². The molecule has 0 aliphatic carbocycles. The maximum Gasteiger partial charge on any atom is 0.228 e. The molecule has 2 atom stereocenters. The molecule has 1 amide bonds. The lowest BCUT2D eigenvalue weighted by molar-refractivity contribution is -0.133. The summed E-state index contributed by atoms with van der Waals surface area (Å²) < 4.78 is 21.4. The summed E-state index contributed by atoms with van der Waals surface area (Å²) in [6.07, 6.45) is 3.16. The number of hydrogen-bond acceptors (Lipinski definition) is 4. The summed E-state index contributed by atoms with van der Waals surface area (Å²) in [5.41, 5.74) is 1.40. The predicted molar refractivity (Wildman–Crippen MR) is 98.4 cm³/mol. The second-order valence-corrected chi connectivity index (χ2v) is 7.41. The van der Waals surface area contributed by atoms with Crippen molar-refractivity contribution in [2.75, 3.05) is 26.2 Å². The summed E-state index contributed by atoms with van der Waals surface area (Å²) in [5.74, 6) is -0.0939. The highest BCUT2D eigenvalue weighted by molar-refractivity contribution is 5.78. The number of amides is 1. The average Bonchev–Trinajstić information content (AvgIpc) is 3.25. The Bertz CT molecular complexity index is 809. The molecule has 2 aromatic rings. The Balaban J connectivity index is 1.29. The van der Waals surface area contributed by atoms with Gasteiger partial charge < -0.3 is 9.64 Å². The van der Waals surface area contributed by atoms with E-state index in [1.165, 1.54) is 6.07 Å². The number of benzene rings is 1. The molecule has 2 saturated heterocycles. The first kappa shape index (κ1) is 18.1. The van der Waals surface area contributed by atoms with Crippen molar-refractivity contribution in [3.63, 3.8) is 0 Å². The number of halogens is 1. The largest absolute Gasteiger partial charge is 0.372 e. The third kappa shape index (κ3) is 4.20. The third-order valence-electron chi connectivity index (χ3n) is 5.46. The number of carbonyl (C=O) groups is 1. The standard InChI is InChI=1S/C20H25FN4O2/c1-23-7-6-16(22-23)10-20(26)25-9-8-24-13-18(11-17(24)12-25)27-14-15-4-2-3-5-19(15)21/h2-7,17-18H,8-14H2,1H3/t17-,18+/m0/s1. The Labute approximate surface area is 158 Å².